The summed E-state index contributed by atoms with van der Waals surface area (Å²) in [7, 11) is 0. The van der Waals surface area contributed by atoms with Crippen LogP contribution >= 0.6 is 34.8 Å². The fourth-order valence-corrected chi connectivity index (χ4v) is 0. The van der Waals surface area contributed by atoms with Crippen LogP contribution in [0.15, 0.2) is 0 Å². The first-order valence-electron chi connectivity index (χ1n) is 1.38. The van der Waals surface area contributed by atoms with Gasteiger partial charge in [0.05, 0.1) is 0 Å². The van der Waals surface area contributed by atoms with E-state index in [9.17, 15) is 13.2 Å². The van der Waals surface area contributed by atoms with Crippen molar-refractivity contribution in [2.45, 2.75) is 9.97 Å². The minimum atomic E-state index is -4.77. The summed E-state index contributed by atoms with van der Waals surface area (Å²) >= 11 is 13.2. The third-order valence-electron chi connectivity index (χ3n) is 0.321. The molecule has 0 aliphatic carbocycles. The average Bonchev–Trinajstić information content (AvgIpc) is 1.25. The van der Waals surface area contributed by atoms with Crippen LogP contribution in [0.4, 0.5) is 13.2 Å². The summed E-state index contributed by atoms with van der Waals surface area (Å²) in [5, 5.41) is 0. The van der Waals surface area contributed by atoms with Gasteiger partial charge in [-0.2, -0.15) is 13.2 Å². The molecule has 0 heterocycles. The molecule has 0 saturated heterocycles. The van der Waals surface area contributed by atoms with Gasteiger partial charge in [0.15, 0.2) is 0 Å². The summed E-state index contributed by atoms with van der Waals surface area (Å²) in [6.45, 7) is 0. The summed E-state index contributed by atoms with van der Waals surface area (Å²) in [5.41, 5.74) is 0. The van der Waals surface area contributed by atoms with Crippen molar-refractivity contribution in [3.63, 3.8) is 0 Å². The normalized spacial score (nSPS) is 12.7. The number of rotatable bonds is 0. The van der Waals surface area contributed by atoms with Crippen molar-refractivity contribution < 1.29 is 32.6 Å². The Hall–Kier alpha value is 1.28. The molecule has 0 aromatic heterocycles. The van der Waals surface area contributed by atoms with Crippen molar-refractivity contribution in [2.24, 2.45) is 0 Å². The number of halogens is 6. The van der Waals surface area contributed by atoms with Crippen molar-refractivity contribution >= 4 is 34.8 Å². The molecule has 0 N–H and O–H groups in total. The van der Waals surface area contributed by atoms with Crippen LogP contribution in [-0.4, -0.2) is 9.97 Å². The van der Waals surface area contributed by atoms with E-state index < -0.39 is 9.97 Å². The van der Waals surface area contributed by atoms with Gasteiger partial charge < -0.3 is 0 Å². The molecule has 0 saturated carbocycles. The minimum absolute atomic E-state index is 0. The van der Waals surface area contributed by atoms with E-state index in [1.807, 2.05) is 0 Å². The molecular weight excluding hydrogens is 253 g/mol. The van der Waals surface area contributed by atoms with Crippen LogP contribution in [0.2, 0.25) is 0 Å². The van der Waals surface area contributed by atoms with E-state index in [0.717, 1.165) is 0 Å². The Morgan fingerprint density at radius 2 is 1.00 bits per heavy atom. The van der Waals surface area contributed by atoms with E-state index in [4.69, 9.17) is 0 Å². The Bertz CT molecular complexity index is 72.0. The van der Waals surface area contributed by atoms with Crippen LogP contribution in [0.1, 0.15) is 0 Å². The van der Waals surface area contributed by atoms with E-state index >= 15 is 0 Å². The summed E-state index contributed by atoms with van der Waals surface area (Å²) in [4.78, 5) is 0. The maximum absolute atomic E-state index is 11.2. The van der Waals surface area contributed by atoms with E-state index in [2.05, 4.69) is 34.8 Å². The quantitative estimate of drug-likeness (QED) is 0.459. The maximum atomic E-state index is 11.2. The van der Waals surface area contributed by atoms with E-state index in [0.29, 0.717) is 0 Å². The predicted molar refractivity (Wildman–Crippen MR) is 26.3 cm³/mol. The Balaban J connectivity index is 0. The Labute approximate surface area is 77.4 Å². The molecule has 0 aliphatic heterocycles. The third-order valence-corrected chi connectivity index (χ3v) is 0.964. The molecule has 0 aliphatic rings. The van der Waals surface area contributed by atoms with E-state index in [1.54, 1.807) is 0 Å². The zero-order valence-corrected chi connectivity index (χ0v) is 9.21. The van der Waals surface area contributed by atoms with Crippen molar-refractivity contribution in [1.29, 1.82) is 0 Å². The largest absolute Gasteiger partial charge is 0.435 e. The smallest absolute Gasteiger partial charge is 0.166 e. The van der Waals surface area contributed by atoms with Crippen molar-refractivity contribution in [2.75, 3.05) is 0 Å². The van der Waals surface area contributed by atoms with Crippen LogP contribution in [0.5, 0.6) is 0 Å². The second-order valence-electron chi connectivity index (χ2n) is 0.996. The van der Waals surface area contributed by atoms with Gasteiger partial charge in [0.2, 0.25) is 0 Å². The van der Waals surface area contributed by atoms with Gasteiger partial charge in [0.25, 0.3) is 3.79 Å². The Kier molecular flexibility index (Phi) is 5.18. The second-order valence-corrected chi connectivity index (χ2v) is 3.28. The SMILES string of the molecule is FC(F)(F)C(Cl)(Cl)Cl.[Zn]. The topological polar surface area (TPSA) is 0 Å². The van der Waals surface area contributed by atoms with Gasteiger partial charge in [-0.05, 0) is 0 Å². The molecule has 0 spiro atoms. The molecule has 7 heteroatoms. The number of hydrogen-bond acceptors (Lipinski definition) is 0. The van der Waals surface area contributed by atoms with E-state index in [-0.39, 0.29) is 19.5 Å². The minimum Gasteiger partial charge on any atom is -0.166 e. The zero-order chi connectivity index (χ0) is 7.00. The molecule has 0 unspecified atom stereocenters. The molecule has 0 fully saturated rings. The Morgan fingerprint density at radius 3 is 1.00 bits per heavy atom. The van der Waals surface area contributed by atoms with Crippen molar-refractivity contribution in [3.05, 3.63) is 0 Å². The first-order chi connectivity index (χ1) is 3.25. The van der Waals surface area contributed by atoms with Crippen LogP contribution < -0.4 is 0 Å². The molecule has 0 atom stereocenters. The van der Waals surface area contributed by atoms with Gasteiger partial charge in [0.1, 0.15) is 0 Å². The van der Waals surface area contributed by atoms with Crippen LogP contribution in [-0.2, 0) is 19.5 Å². The van der Waals surface area contributed by atoms with Gasteiger partial charge in [0, 0.05) is 19.5 Å². The fraction of sp³-hybridized carbons (Fsp3) is 1.00. The number of hydrogen-bond donors (Lipinski definition) is 0. The van der Waals surface area contributed by atoms with Gasteiger partial charge in [-0.15, -0.1) is 0 Å². The summed E-state index contributed by atoms with van der Waals surface area (Å²) in [5.74, 6) is 0. The van der Waals surface area contributed by atoms with E-state index in [1.165, 1.54) is 0 Å². The number of alkyl halides is 6. The van der Waals surface area contributed by atoms with Crippen molar-refractivity contribution in [1.82, 2.24) is 0 Å². The summed E-state index contributed by atoms with van der Waals surface area (Å²) < 4.78 is 30.4. The molecule has 52 valence electrons. The molecule has 0 radical (unpaired) electrons. The molecule has 0 aromatic rings. The first kappa shape index (κ1) is 12.9. The molecule has 0 rings (SSSR count). The zero-order valence-electron chi connectivity index (χ0n) is 3.97. The molecule has 0 amide bonds. The molecule has 0 bridgehead atoms. The Morgan fingerprint density at radius 1 is 0.889 bits per heavy atom. The van der Waals surface area contributed by atoms with Crippen LogP contribution in [0.3, 0.4) is 0 Å². The summed E-state index contributed by atoms with van der Waals surface area (Å²) in [6, 6.07) is 0. The fourth-order valence-electron chi connectivity index (χ4n) is 0. The van der Waals surface area contributed by atoms with Crippen molar-refractivity contribution in [3.8, 4) is 0 Å². The van der Waals surface area contributed by atoms with Crippen LogP contribution in [0.25, 0.3) is 0 Å². The second kappa shape index (κ2) is 3.61. The summed E-state index contributed by atoms with van der Waals surface area (Å²) in [6.07, 6.45) is -4.77. The standard InChI is InChI=1S/C2Cl3F3.Zn/c3-1(4,5)2(6,7)8;. The molecular formula is C2Cl3F3Zn. The molecule has 0 aromatic carbocycles. The predicted octanol–water partition coefficient (Wildman–Crippen LogP) is 2.92. The third kappa shape index (κ3) is 4.66. The van der Waals surface area contributed by atoms with Gasteiger partial charge >= 0.3 is 6.18 Å². The monoisotopic (exact) mass is 250 g/mol. The van der Waals surface area contributed by atoms with Gasteiger partial charge in [-0.3, -0.25) is 0 Å². The molecule has 9 heavy (non-hydrogen) atoms. The maximum Gasteiger partial charge on any atom is 0.435 e. The van der Waals surface area contributed by atoms with Gasteiger partial charge in [-0.1, -0.05) is 34.8 Å². The van der Waals surface area contributed by atoms with Gasteiger partial charge in [-0.25, -0.2) is 0 Å². The average molecular weight is 253 g/mol. The first-order valence-corrected chi connectivity index (χ1v) is 2.52. The molecule has 0 nitrogen and oxygen atoms in total. The van der Waals surface area contributed by atoms with Crippen LogP contribution in [0, 0.1) is 0 Å².